The standard InChI is InChI=1S/C19H17Cl2F3N2O7/c1-7(27)30-6-13-15(31-8(2)28)16(32-9(3)29)17(33-13)26-12-5-10(20)4-11(21)14(12)25-18(26)19(22,23)24/h4-5,13,15-17H,6H2,1-3H3/t13-,15-,16-,17-/m1/s1. The number of carbonyl (C=O) groups is 3. The number of fused-ring (bicyclic) bond motifs is 1. The van der Waals surface area contributed by atoms with E-state index in [9.17, 15) is 27.6 Å². The van der Waals surface area contributed by atoms with Gasteiger partial charge in [0.25, 0.3) is 0 Å². The summed E-state index contributed by atoms with van der Waals surface area (Å²) in [5.41, 5.74) is -0.400. The number of esters is 3. The van der Waals surface area contributed by atoms with Crippen LogP contribution in [0.2, 0.25) is 10.0 Å². The number of benzene rings is 1. The normalized spacial score (nSPS) is 22.9. The van der Waals surface area contributed by atoms with E-state index in [2.05, 4.69) is 4.98 Å². The second-order valence-electron chi connectivity index (χ2n) is 7.07. The predicted octanol–water partition coefficient (Wildman–Crippen LogP) is 3.69. The summed E-state index contributed by atoms with van der Waals surface area (Å²) >= 11 is 12.1. The molecule has 4 atom stereocenters. The molecule has 0 unspecified atom stereocenters. The highest BCUT2D eigenvalue weighted by Crippen LogP contribution is 2.42. The molecule has 1 aliphatic heterocycles. The van der Waals surface area contributed by atoms with E-state index in [1.807, 2.05) is 0 Å². The number of halogens is 5. The Labute approximate surface area is 194 Å². The number of imidazole rings is 1. The molecule has 0 radical (unpaired) electrons. The Balaban J connectivity index is 2.22. The molecule has 0 spiro atoms. The van der Waals surface area contributed by atoms with Gasteiger partial charge in [-0.2, -0.15) is 13.2 Å². The van der Waals surface area contributed by atoms with Gasteiger partial charge in [-0.05, 0) is 12.1 Å². The first-order chi connectivity index (χ1) is 15.3. The molecule has 0 N–H and O–H groups in total. The summed E-state index contributed by atoms with van der Waals surface area (Å²) in [6.45, 7) is 2.68. The minimum atomic E-state index is -4.98. The van der Waals surface area contributed by atoms with Gasteiger partial charge in [-0.25, -0.2) is 4.98 Å². The van der Waals surface area contributed by atoms with Gasteiger partial charge in [0.1, 0.15) is 18.2 Å². The molecular weight excluding hydrogens is 496 g/mol. The third-order valence-corrected chi connectivity index (χ3v) is 5.07. The van der Waals surface area contributed by atoms with Gasteiger partial charge in [-0.1, -0.05) is 23.2 Å². The smallest absolute Gasteiger partial charge is 0.449 e. The maximum absolute atomic E-state index is 13.9. The fourth-order valence-corrected chi connectivity index (χ4v) is 4.00. The highest BCUT2D eigenvalue weighted by atomic mass is 35.5. The largest absolute Gasteiger partial charge is 0.463 e. The van der Waals surface area contributed by atoms with Crippen molar-refractivity contribution in [2.45, 2.75) is 51.5 Å². The van der Waals surface area contributed by atoms with Crippen LogP contribution in [0.1, 0.15) is 32.8 Å². The summed E-state index contributed by atoms with van der Waals surface area (Å²) in [4.78, 5) is 38.3. The van der Waals surface area contributed by atoms with Gasteiger partial charge in [0, 0.05) is 25.8 Å². The van der Waals surface area contributed by atoms with E-state index < -0.39 is 61.1 Å². The second-order valence-corrected chi connectivity index (χ2v) is 7.92. The van der Waals surface area contributed by atoms with Crippen molar-refractivity contribution in [3.8, 4) is 0 Å². The van der Waals surface area contributed by atoms with Gasteiger partial charge >= 0.3 is 24.1 Å². The summed E-state index contributed by atoms with van der Waals surface area (Å²) < 4.78 is 63.4. The molecule has 3 rings (SSSR count). The number of nitrogens with zero attached hydrogens (tertiary/aromatic N) is 2. The Morgan fingerprint density at radius 3 is 2.21 bits per heavy atom. The lowest BCUT2D eigenvalue weighted by Gasteiger charge is -2.25. The van der Waals surface area contributed by atoms with Crippen LogP contribution in [0, 0.1) is 0 Å². The van der Waals surface area contributed by atoms with Gasteiger partial charge in [-0.3, -0.25) is 19.0 Å². The summed E-state index contributed by atoms with van der Waals surface area (Å²) in [7, 11) is 0. The van der Waals surface area contributed by atoms with E-state index in [0.717, 1.165) is 20.8 Å². The predicted molar refractivity (Wildman–Crippen MR) is 106 cm³/mol. The lowest BCUT2D eigenvalue weighted by atomic mass is 10.1. The van der Waals surface area contributed by atoms with Crippen molar-refractivity contribution in [1.82, 2.24) is 9.55 Å². The number of hydrogen-bond acceptors (Lipinski definition) is 8. The molecule has 0 saturated carbocycles. The summed E-state index contributed by atoms with van der Waals surface area (Å²) in [6.07, 6.45) is -10.9. The Hall–Kier alpha value is -2.57. The maximum atomic E-state index is 13.9. The molecular formula is C19H17Cl2F3N2O7. The first-order valence-corrected chi connectivity index (χ1v) is 10.1. The van der Waals surface area contributed by atoms with E-state index in [1.165, 1.54) is 12.1 Å². The van der Waals surface area contributed by atoms with Crippen LogP contribution in [0.4, 0.5) is 13.2 Å². The Bertz CT molecular complexity index is 1110. The van der Waals surface area contributed by atoms with Crippen molar-refractivity contribution < 1.29 is 46.5 Å². The molecule has 9 nitrogen and oxygen atoms in total. The van der Waals surface area contributed by atoms with Crippen molar-refractivity contribution in [2.75, 3.05) is 6.61 Å². The van der Waals surface area contributed by atoms with E-state index in [1.54, 1.807) is 0 Å². The minimum absolute atomic E-state index is 0.0115. The molecule has 0 aliphatic carbocycles. The van der Waals surface area contributed by atoms with Crippen LogP contribution >= 0.6 is 23.2 Å². The SMILES string of the molecule is CC(=O)OC[C@H]1O[C@@H](n2c(C(F)(F)F)nc3c(Cl)cc(Cl)cc32)[C@H](OC(C)=O)[C@@H]1OC(C)=O. The van der Waals surface area contributed by atoms with E-state index in [4.69, 9.17) is 42.1 Å². The lowest BCUT2D eigenvalue weighted by molar-refractivity contribution is -0.168. The van der Waals surface area contributed by atoms with E-state index in [0.29, 0.717) is 4.57 Å². The van der Waals surface area contributed by atoms with Crippen LogP contribution < -0.4 is 0 Å². The van der Waals surface area contributed by atoms with Crippen LogP contribution in [0.15, 0.2) is 12.1 Å². The lowest BCUT2D eigenvalue weighted by Crippen LogP contribution is -2.40. The fourth-order valence-electron chi connectivity index (χ4n) is 3.48. The zero-order chi connectivity index (χ0) is 24.7. The summed E-state index contributed by atoms with van der Waals surface area (Å²) in [6, 6.07) is 2.40. The van der Waals surface area contributed by atoms with Crippen molar-refractivity contribution in [2.24, 2.45) is 0 Å². The molecule has 14 heteroatoms. The minimum Gasteiger partial charge on any atom is -0.463 e. The molecule has 0 bridgehead atoms. The average molecular weight is 513 g/mol. The zero-order valence-electron chi connectivity index (χ0n) is 17.3. The maximum Gasteiger partial charge on any atom is 0.449 e. The molecule has 1 aromatic heterocycles. The fraction of sp³-hybridized carbons (Fsp3) is 0.474. The number of rotatable bonds is 5. The van der Waals surface area contributed by atoms with Gasteiger partial charge in [0.15, 0.2) is 18.4 Å². The Kier molecular flexibility index (Phi) is 7.10. The topological polar surface area (TPSA) is 106 Å². The van der Waals surface area contributed by atoms with Crippen molar-refractivity contribution in [3.63, 3.8) is 0 Å². The first-order valence-electron chi connectivity index (χ1n) is 9.37. The number of carbonyl (C=O) groups excluding carboxylic acids is 3. The van der Waals surface area contributed by atoms with Crippen LogP contribution in [0.5, 0.6) is 0 Å². The molecule has 2 heterocycles. The molecule has 2 aromatic rings. The molecule has 180 valence electrons. The molecule has 33 heavy (non-hydrogen) atoms. The quantitative estimate of drug-likeness (QED) is 0.441. The molecule has 1 saturated heterocycles. The molecule has 0 amide bonds. The molecule has 1 aliphatic rings. The monoisotopic (exact) mass is 512 g/mol. The van der Waals surface area contributed by atoms with Crippen molar-refractivity contribution in [1.29, 1.82) is 0 Å². The first kappa shape index (κ1) is 25.1. The van der Waals surface area contributed by atoms with Crippen LogP contribution in [-0.4, -0.2) is 52.4 Å². The van der Waals surface area contributed by atoms with Gasteiger partial charge in [0.05, 0.1) is 10.5 Å². The van der Waals surface area contributed by atoms with Gasteiger partial charge in [0.2, 0.25) is 5.82 Å². The number of ether oxygens (including phenoxy) is 4. The van der Waals surface area contributed by atoms with Gasteiger partial charge in [-0.15, -0.1) is 0 Å². The van der Waals surface area contributed by atoms with Crippen molar-refractivity contribution in [3.05, 3.63) is 28.0 Å². The molecule has 1 fully saturated rings. The third-order valence-electron chi connectivity index (χ3n) is 4.56. The highest BCUT2D eigenvalue weighted by molar-refractivity contribution is 6.38. The highest BCUT2D eigenvalue weighted by Gasteiger charge is 2.53. The van der Waals surface area contributed by atoms with Gasteiger partial charge < -0.3 is 18.9 Å². The Morgan fingerprint density at radius 2 is 1.67 bits per heavy atom. The zero-order valence-corrected chi connectivity index (χ0v) is 18.8. The summed E-state index contributed by atoms with van der Waals surface area (Å²) in [5.74, 6) is -3.84. The average Bonchev–Trinajstić information content (AvgIpc) is 3.18. The van der Waals surface area contributed by atoms with Crippen LogP contribution in [0.25, 0.3) is 11.0 Å². The number of aromatic nitrogens is 2. The van der Waals surface area contributed by atoms with Crippen LogP contribution in [0.3, 0.4) is 0 Å². The van der Waals surface area contributed by atoms with E-state index in [-0.39, 0.29) is 21.1 Å². The number of hydrogen-bond donors (Lipinski definition) is 0. The summed E-state index contributed by atoms with van der Waals surface area (Å²) in [5, 5.41) is -0.144. The second kappa shape index (κ2) is 9.35. The van der Waals surface area contributed by atoms with E-state index >= 15 is 0 Å². The van der Waals surface area contributed by atoms with Crippen molar-refractivity contribution >= 4 is 52.1 Å². The van der Waals surface area contributed by atoms with Crippen LogP contribution in [-0.2, 0) is 39.5 Å². The third kappa shape index (κ3) is 5.33. The number of alkyl halides is 3. The molecule has 1 aromatic carbocycles. The Morgan fingerprint density at radius 1 is 1.06 bits per heavy atom.